The summed E-state index contributed by atoms with van der Waals surface area (Å²) < 4.78 is 0. The van der Waals surface area contributed by atoms with E-state index in [4.69, 9.17) is 0 Å². The highest BCUT2D eigenvalue weighted by molar-refractivity contribution is 5.83. The molecule has 0 spiro atoms. The molecule has 0 aromatic heterocycles. The molecule has 0 saturated heterocycles. The maximum atomic E-state index is 12.4. The van der Waals surface area contributed by atoms with Crippen LogP contribution in [0.5, 0.6) is 0 Å². The number of amides is 1. The van der Waals surface area contributed by atoms with Crippen LogP contribution in [0.25, 0.3) is 0 Å². The fraction of sp³-hybridized carbons (Fsp3) is 0.278. The number of carbonyl (C=O) groups excluding carboxylic acids is 1. The van der Waals surface area contributed by atoms with E-state index in [9.17, 15) is 4.79 Å². The van der Waals surface area contributed by atoms with Crippen LogP contribution in [-0.2, 0) is 4.79 Å². The summed E-state index contributed by atoms with van der Waals surface area (Å²) in [5, 5.41) is 3.11. The minimum absolute atomic E-state index is 0.0291. The second-order valence-electron chi connectivity index (χ2n) is 5.01. The zero-order valence-electron chi connectivity index (χ0n) is 12.0. The first-order valence-corrected chi connectivity index (χ1v) is 7.12. The largest absolute Gasteiger partial charge is 0.349 e. The number of rotatable bonds is 5. The van der Waals surface area contributed by atoms with Gasteiger partial charge in [0, 0.05) is 0 Å². The van der Waals surface area contributed by atoms with Crippen LogP contribution in [0.15, 0.2) is 60.7 Å². The van der Waals surface area contributed by atoms with Crippen molar-refractivity contribution in [2.24, 2.45) is 0 Å². The van der Waals surface area contributed by atoms with Gasteiger partial charge in [-0.05, 0) is 24.5 Å². The van der Waals surface area contributed by atoms with Crippen molar-refractivity contribution in [1.82, 2.24) is 5.32 Å². The molecule has 0 radical (unpaired) electrons. The van der Waals surface area contributed by atoms with Gasteiger partial charge in [-0.1, -0.05) is 67.6 Å². The summed E-state index contributed by atoms with van der Waals surface area (Å²) in [7, 11) is 0. The molecule has 0 saturated carbocycles. The van der Waals surface area contributed by atoms with Crippen molar-refractivity contribution in [1.29, 1.82) is 0 Å². The van der Waals surface area contributed by atoms with Gasteiger partial charge in [0.2, 0.25) is 5.91 Å². The van der Waals surface area contributed by atoms with E-state index in [-0.39, 0.29) is 17.9 Å². The summed E-state index contributed by atoms with van der Waals surface area (Å²) in [4.78, 5) is 12.4. The molecule has 0 bridgehead atoms. The average molecular weight is 267 g/mol. The fourth-order valence-electron chi connectivity index (χ4n) is 2.40. The molecule has 0 aliphatic rings. The molecule has 2 nitrogen and oxygen atoms in total. The predicted molar refractivity (Wildman–Crippen MR) is 82.5 cm³/mol. The second-order valence-corrected chi connectivity index (χ2v) is 5.01. The first kappa shape index (κ1) is 14.3. The molecule has 2 aromatic carbocycles. The quantitative estimate of drug-likeness (QED) is 0.869. The zero-order chi connectivity index (χ0) is 14.4. The molecule has 2 heteroatoms. The lowest BCUT2D eigenvalue weighted by Gasteiger charge is -2.20. The molecular formula is C18H21NO. The van der Waals surface area contributed by atoms with Gasteiger partial charge in [-0.2, -0.15) is 0 Å². The molecule has 1 amide bonds. The molecule has 20 heavy (non-hydrogen) atoms. The van der Waals surface area contributed by atoms with Crippen molar-refractivity contribution in [3.63, 3.8) is 0 Å². The number of carbonyl (C=O) groups is 1. The van der Waals surface area contributed by atoms with Gasteiger partial charge in [-0.25, -0.2) is 0 Å². The van der Waals surface area contributed by atoms with Crippen molar-refractivity contribution in [3.05, 3.63) is 71.8 Å². The van der Waals surface area contributed by atoms with Crippen LogP contribution in [0.4, 0.5) is 0 Å². The minimum atomic E-state index is -0.0811. The van der Waals surface area contributed by atoms with Gasteiger partial charge >= 0.3 is 0 Å². The van der Waals surface area contributed by atoms with E-state index in [0.29, 0.717) is 0 Å². The van der Waals surface area contributed by atoms with Crippen LogP contribution in [-0.4, -0.2) is 5.91 Å². The number of hydrogen-bond donors (Lipinski definition) is 1. The van der Waals surface area contributed by atoms with Gasteiger partial charge in [-0.3, -0.25) is 4.79 Å². The first-order valence-electron chi connectivity index (χ1n) is 7.12. The zero-order valence-corrected chi connectivity index (χ0v) is 12.0. The molecule has 0 aliphatic carbocycles. The Hall–Kier alpha value is -2.09. The summed E-state index contributed by atoms with van der Waals surface area (Å²) in [6, 6.07) is 20.0. The van der Waals surface area contributed by atoms with Gasteiger partial charge in [0.1, 0.15) is 0 Å². The molecule has 2 aromatic rings. The van der Waals surface area contributed by atoms with E-state index < -0.39 is 0 Å². The van der Waals surface area contributed by atoms with Crippen LogP contribution in [0.1, 0.15) is 43.4 Å². The molecule has 2 rings (SSSR count). The summed E-state index contributed by atoms with van der Waals surface area (Å²) in [5.74, 6) is 0.0115. The van der Waals surface area contributed by atoms with Crippen LogP contribution in [0.3, 0.4) is 0 Å². The van der Waals surface area contributed by atoms with Crippen LogP contribution in [0, 0.1) is 0 Å². The van der Waals surface area contributed by atoms with Crippen molar-refractivity contribution in [3.8, 4) is 0 Å². The highest BCUT2D eigenvalue weighted by atomic mass is 16.1. The van der Waals surface area contributed by atoms with E-state index in [0.717, 1.165) is 17.5 Å². The molecule has 0 aliphatic heterocycles. The maximum absolute atomic E-state index is 12.4. The maximum Gasteiger partial charge on any atom is 0.228 e. The summed E-state index contributed by atoms with van der Waals surface area (Å²) in [6.45, 7) is 4.06. The van der Waals surface area contributed by atoms with Gasteiger partial charge in [0.25, 0.3) is 0 Å². The van der Waals surface area contributed by atoms with E-state index in [2.05, 4.69) is 5.32 Å². The van der Waals surface area contributed by atoms with Gasteiger partial charge in [0.15, 0.2) is 0 Å². The Labute approximate surface area is 120 Å². The summed E-state index contributed by atoms with van der Waals surface area (Å²) >= 11 is 0. The van der Waals surface area contributed by atoms with Gasteiger partial charge < -0.3 is 5.32 Å². The Bertz CT molecular complexity index is 536. The normalized spacial score (nSPS) is 13.5. The lowest BCUT2D eigenvalue weighted by Crippen LogP contribution is -2.31. The van der Waals surface area contributed by atoms with Crippen LogP contribution >= 0.6 is 0 Å². The van der Waals surface area contributed by atoms with Crippen LogP contribution in [0.2, 0.25) is 0 Å². The number of benzene rings is 2. The van der Waals surface area contributed by atoms with Crippen molar-refractivity contribution in [2.75, 3.05) is 0 Å². The summed E-state index contributed by atoms with van der Waals surface area (Å²) in [6.07, 6.45) is 0.803. The van der Waals surface area contributed by atoms with Crippen molar-refractivity contribution < 1.29 is 4.79 Å². The summed E-state index contributed by atoms with van der Waals surface area (Å²) in [5.41, 5.74) is 2.21. The number of hydrogen-bond acceptors (Lipinski definition) is 1. The first-order chi connectivity index (χ1) is 9.72. The SMILES string of the molecule is CCC(C(=O)NC(C)c1ccccc1)c1ccccc1. The van der Waals surface area contributed by atoms with Gasteiger partial charge in [0.05, 0.1) is 12.0 Å². The fourth-order valence-corrected chi connectivity index (χ4v) is 2.40. The third kappa shape index (κ3) is 3.47. The Morgan fingerprint density at radius 1 is 0.950 bits per heavy atom. The van der Waals surface area contributed by atoms with E-state index in [1.54, 1.807) is 0 Å². The Morgan fingerprint density at radius 3 is 1.95 bits per heavy atom. The second kappa shape index (κ2) is 6.90. The third-order valence-corrected chi connectivity index (χ3v) is 3.59. The Morgan fingerprint density at radius 2 is 1.45 bits per heavy atom. The van der Waals surface area contributed by atoms with E-state index in [1.807, 2.05) is 74.5 Å². The molecule has 104 valence electrons. The number of nitrogens with one attached hydrogen (secondary N) is 1. The standard InChI is InChI=1S/C18H21NO/c1-3-17(16-12-8-5-9-13-16)18(20)19-14(2)15-10-6-4-7-11-15/h4-14,17H,3H2,1-2H3,(H,19,20). The Balaban J connectivity index is 2.07. The molecule has 0 heterocycles. The monoisotopic (exact) mass is 267 g/mol. The van der Waals surface area contributed by atoms with Crippen molar-refractivity contribution >= 4 is 5.91 Å². The average Bonchev–Trinajstić information content (AvgIpc) is 2.50. The lowest BCUT2D eigenvalue weighted by atomic mass is 9.95. The minimum Gasteiger partial charge on any atom is -0.349 e. The topological polar surface area (TPSA) is 29.1 Å². The smallest absolute Gasteiger partial charge is 0.228 e. The molecule has 2 atom stereocenters. The van der Waals surface area contributed by atoms with E-state index in [1.165, 1.54) is 0 Å². The lowest BCUT2D eigenvalue weighted by molar-refractivity contribution is -0.123. The van der Waals surface area contributed by atoms with Crippen molar-refractivity contribution in [2.45, 2.75) is 32.2 Å². The van der Waals surface area contributed by atoms with Crippen LogP contribution < -0.4 is 5.32 Å². The highest BCUT2D eigenvalue weighted by Crippen LogP contribution is 2.21. The molecule has 0 fully saturated rings. The molecule has 2 unspecified atom stereocenters. The Kier molecular flexibility index (Phi) is 4.94. The van der Waals surface area contributed by atoms with E-state index >= 15 is 0 Å². The molecular weight excluding hydrogens is 246 g/mol. The van der Waals surface area contributed by atoms with Gasteiger partial charge in [-0.15, -0.1) is 0 Å². The third-order valence-electron chi connectivity index (χ3n) is 3.59. The predicted octanol–water partition coefficient (Wildman–Crippen LogP) is 4.06. The highest BCUT2D eigenvalue weighted by Gasteiger charge is 2.20. The molecule has 1 N–H and O–H groups in total.